The van der Waals surface area contributed by atoms with Crippen LogP contribution in [-0.4, -0.2) is 42.1 Å². The van der Waals surface area contributed by atoms with Gasteiger partial charge in [0.2, 0.25) is 15.9 Å². The summed E-state index contributed by atoms with van der Waals surface area (Å²) < 4.78 is 22.6. The Kier molecular flexibility index (Phi) is 3.85. The largest absolute Gasteiger partial charge is 0.477 e. The molecule has 11 heteroatoms. The minimum Gasteiger partial charge on any atom is -0.477 e. The van der Waals surface area contributed by atoms with E-state index in [0.717, 1.165) is 17.0 Å². The van der Waals surface area contributed by atoms with Crippen molar-refractivity contribution >= 4 is 33.3 Å². The van der Waals surface area contributed by atoms with Gasteiger partial charge in [-0.3, -0.25) is 14.9 Å². The van der Waals surface area contributed by atoms with Crippen molar-refractivity contribution in [2.24, 2.45) is 5.14 Å². The zero-order valence-electron chi connectivity index (χ0n) is 11.0. The first kappa shape index (κ1) is 15.9. The molecule has 0 aromatic heterocycles. The number of rotatable bonds is 4. The van der Waals surface area contributed by atoms with Crippen molar-refractivity contribution in [3.63, 3.8) is 0 Å². The van der Waals surface area contributed by atoms with Gasteiger partial charge in [-0.15, -0.1) is 0 Å². The van der Waals surface area contributed by atoms with Crippen LogP contribution in [0.4, 0.5) is 11.4 Å². The lowest BCUT2D eigenvalue weighted by Gasteiger charge is -2.16. The maximum atomic E-state index is 11.9. The number of sulfonamides is 1. The van der Waals surface area contributed by atoms with Crippen LogP contribution in [0.3, 0.4) is 0 Å². The molecule has 10 nitrogen and oxygen atoms in total. The van der Waals surface area contributed by atoms with Crippen molar-refractivity contribution in [1.29, 1.82) is 0 Å². The van der Waals surface area contributed by atoms with Gasteiger partial charge in [0.05, 0.1) is 4.92 Å². The van der Waals surface area contributed by atoms with Gasteiger partial charge in [-0.1, -0.05) is 0 Å². The third-order valence-corrected chi connectivity index (χ3v) is 4.52. The minimum absolute atomic E-state index is 0.0687. The Morgan fingerprint density at radius 1 is 1.45 bits per heavy atom. The Morgan fingerprint density at radius 3 is 2.55 bits per heavy atom. The molecular formula is C11H11N3O7S. The van der Waals surface area contributed by atoms with Crippen LogP contribution in [0, 0.1) is 10.1 Å². The summed E-state index contributed by atoms with van der Waals surface area (Å²) in [4.78, 5) is 33.9. The van der Waals surface area contributed by atoms with Crippen molar-refractivity contribution in [3.05, 3.63) is 33.9 Å². The standard InChI is InChI=1S/C11H11N3O7S/c12-22(20,21)7-4-10(15)13(5-7)6-1-2-9(14(18)19)8(3-6)11(16)17/h1-3,7H,4-5H2,(H,16,17)(H2,12,20,21). The Bertz CT molecular complexity index is 774. The van der Waals surface area contributed by atoms with E-state index in [4.69, 9.17) is 10.2 Å². The van der Waals surface area contributed by atoms with Crippen molar-refractivity contribution in [1.82, 2.24) is 0 Å². The quantitative estimate of drug-likeness (QED) is 0.565. The molecule has 3 N–H and O–H groups in total. The van der Waals surface area contributed by atoms with Gasteiger partial charge < -0.3 is 10.0 Å². The summed E-state index contributed by atoms with van der Waals surface area (Å²) in [5.41, 5.74) is -1.14. The molecule has 0 aliphatic carbocycles. The predicted octanol–water partition coefficient (Wildman–Crippen LogP) is -0.313. The van der Waals surface area contributed by atoms with Crippen LogP contribution in [0.15, 0.2) is 18.2 Å². The smallest absolute Gasteiger partial charge is 0.342 e. The van der Waals surface area contributed by atoms with E-state index in [1.165, 1.54) is 6.07 Å². The lowest BCUT2D eigenvalue weighted by Crippen LogP contribution is -2.32. The Hall–Kier alpha value is -2.53. The second-order valence-electron chi connectivity index (χ2n) is 4.68. The maximum Gasteiger partial charge on any atom is 0.342 e. The fourth-order valence-electron chi connectivity index (χ4n) is 2.17. The van der Waals surface area contributed by atoms with Crippen molar-refractivity contribution < 1.29 is 28.0 Å². The predicted molar refractivity (Wildman–Crippen MR) is 73.9 cm³/mol. The molecule has 1 aliphatic rings. The normalized spacial score (nSPS) is 18.5. The van der Waals surface area contributed by atoms with Gasteiger partial charge in [-0.05, 0) is 12.1 Å². The highest BCUT2D eigenvalue weighted by Crippen LogP contribution is 2.29. The summed E-state index contributed by atoms with van der Waals surface area (Å²) in [5.74, 6) is -2.08. The first-order valence-electron chi connectivity index (χ1n) is 5.95. The molecule has 1 saturated heterocycles. The number of primary sulfonamides is 1. The summed E-state index contributed by atoms with van der Waals surface area (Å²) in [6.07, 6.45) is -0.321. The van der Waals surface area contributed by atoms with Crippen LogP contribution in [0.5, 0.6) is 0 Å². The maximum absolute atomic E-state index is 11.9. The molecule has 118 valence electrons. The summed E-state index contributed by atoms with van der Waals surface area (Å²) in [6, 6.07) is 3.11. The molecule has 1 aliphatic heterocycles. The van der Waals surface area contributed by atoms with Gasteiger partial charge in [-0.2, -0.15) is 0 Å². The average Bonchev–Trinajstić information content (AvgIpc) is 2.80. The molecule has 1 atom stereocenters. The summed E-state index contributed by atoms with van der Waals surface area (Å²) in [5, 5.41) is 23.7. The lowest BCUT2D eigenvalue weighted by atomic mass is 10.1. The van der Waals surface area contributed by atoms with E-state index in [2.05, 4.69) is 0 Å². The molecule has 1 aromatic rings. The number of anilines is 1. The number of hydrogen-bond acceptors (Lipinski definition) is 6. The number of nitrogens with zero attached hydrogens (tertiary/aromatic N) is 2. The fourth-order valence-corrected chi connectivity index (χ4v) is 2.90. The molecule has 1 heterocycles. The number of carbonyl (C=O) groups excluding carboxylic acids is 1. The van der Waals surface area contributed by atoms with Crippen LogP contribution in [-0.2, 0) is 14.8 Å². The van der Waals surface area contributed by atoms with Crippen molar-refractivity contribution in [2.75, 3.05) is 11.4 Å². The Labute approximate surface area is 124 Å². The molecule has 1 fully saturated rings. The number of carboxylic acid groups (broad SMARTS) is 1. The van der Waals surface area contributed by atoms with Gasteiger partial charge >= 0.3 is 5.97 Å². The van der Waals surface area contributed by atoms with Crippen LogP contribution in [0.2, 0.25) is 0 Å². The van der Waals surface area contributed by atoms with Gasteiger partial charge in [0.15, 0.2) is 0 Å². The zero-order chi connectivity index (χ0) is 16.7. The van der Waals surface area contributed by atoms with Crippen LogP contribution >= 0.6 is 0 Å². The van der Waals surface area contributed by atoms with Crippen LogP contribution in [0.25, 0.3) is 0 Å². The third-order valence-electron chi connectivity index (χ3n) is 3.27. The first-order valence-corrected chi connectivity index (χ1v) is 7.56. The summed E-state index contributed by atoms with van der Waals surface area (Å²) in [6.45, 7) is -0.228. The SMILES string of the molecule is NS(=O)(=O)C1CC(=O)N(c2ccc([N+](=O)[O-])c(C(=O)O)c2)C1. The van der Waals surface area contributed by atoms with Crippen molar-refractivity contribution in [3.8, 4) is 0 Å². The molecule has 0 bridgehead atoms. The fraction of sp³-hybridized carbons (Fsp3) is 0.273. The summed E-state index contributed by atoms with van der Waals surface area (Å²) in [7, 11) is -3.91. The van der Waals surface area contributed by atoms with E-state index in [1.54, 1.807) is 0 Å². The Balaban J connectivity index is 2.42. The number of benzene rings is 1. The highest BCUT2D eigenvalue weighted by Gasteiger charge is 2.37. The van der Waals surface area contributed by atoms with E-state index in [1.807, 2.05) is 0 Å². The molecular weight excluding hydrogens is 318 g/mol. The molecule has 0 saturated carbocycles. The van der Waals surface area contributed by atoms with Gasteiger partial charge in [0, 0.05) is 24.7 Å². The molecule has 0 spiro atoms. The number of aromatic carboxylic acids is 1. The zero-order valence-corrected chi connectivity index (χ0v) is 11.8. The van der Waals surface area contributed by atoms with E-state index in [-0.39, 0.29) is 18.7 Å². The third kappa shape index (κ3) is 2.89. The molecule has 1 aromatic carbocycles. The molecule has 22 heavy (non-hydrogen) atoms. The first-order chi connectivity index (χ1) is 10.1. The van der Waals surface area contributed by atoms with E-state index < -0.39 is 43.3 Å². The number of amides is 1. The number of nitro benzene ring substituents is 1. The Morgan fingerprint density at radius 2 is 2.09 bits per heavy atom. The highest BCUT2D eigenvalue weighted by molar-refractivity contribution is 7.89. The van der Waals surface area contributed by atoms with E-state index in [9.17, 15) is 28.1 Å². The lowest BCUT2D eigenvalue weighted by molar-refractivity contribution is -0.385. The number of nitrogens with two attached hydrogens (primary N) is 1. The monoisotopic (exact) mass is 329 g/mol. The second-order valence-corrected chi connectivity index (χ2v) is 6.53. The molecule has 0 radical (unpaired) electrons. The highest BCUT2D eigenvalue weighted by atomic mass is 32.2. The summed E-state index contributed by atoms with van der Waals surface area (Å²) >= 11 is 0. The van der Waals surface area contributed by atoms with Crippen LogP contribution < -0.4 is 10.0 Å². The van der Waals surface area contributed by atoms with Gasteiger partial charge in [0.25, 0.3) is 5.69 Å². The average molecular weight is 329 g/mol. The number of carboxylic acids is 1. The molecule has 1 amide bonds. The number of nitro groups is 1. The molecule has 1 unspecified atom stereocenters. The topological polar surface area (TPSA) is 161 Å². The number of hydrogen-bond donors (Lipinski definition) is 2. The van der Waals surface area contributed by atoms with Crippen molar-refractivity contribution in [2.45, 2.75) is 11.7 Å². The van der Waals surface area contributed by atoms with Gasteiger partial charge in [0.1, 0.15) is 10.8 Å². The minimum atomic E-state index is -3.91. The second kappa shape index (κ2) is 5.35. The van der Waals surface area contributed by atoms with Gasteiger partial charge in [-0.25, -0.2) is 18.4 Å². The van der Waals surface area contributed by atoms with E-state index in [0.29, 0.717) is 0 Å². The number of carbonyl (C=O) groups is 2. The molecule has 2 rings (SSSR count). The van der Waals surface area contributed by atoms with E-state index >= 15 is 0 Å². The van der Waals surface area contributed by atoms with Crippen LogP contribution in [0.1, 0.15) is 16.8 Å².